The van der Waals surface area contributed by atoms with Gasteiger partial charge in [-0.05, 0) is 38.8 Å². The molecule has 2 heterocycles. The Hall–Kier alpha value is -3.15. The van der Waals surface area contributed by atoms with Crippen LogP contribution in [0.2, 0.25) is 0 Å². The maximum atomic E-state index is 12.9. The number of nitrogens with zero attached hydrogens (tertiary/aromatic N) is 4. The number of hydrogen-bond acceptors (Lipinski definition) is 5. The molecule has 0 radical (unpaired) electrons. The van der Waals surface area contributed by atoms with Crippen LogP contribution in [0.25, 0.3) is 11.4 Å². The minimum absolute atomic E-state index is 0.0381. The number of anilines is 1. The highest BCUT2D eigenvalue weighted by Gasteiger charge is 2.28. The monoisotopic (exact) mass is 404 g/mol. The Balaban J connectivity index is 1.32. The summed E-state index contributed by atoms with van der Waals surface area (Å²) in [6.45, 7) is 6.25. The summed E-state index contributed by atoms with van der Waals surface area (Å²) in [4.78, 5) is 21.4. The molecule has 4 rings (SSSR count). The molecule has 1 aliphatic heterocycles. The molecule has 2 aromatic carbocycles. The van der Waals surface area contributed by atoms with E-state index in [9.17, 15) is 4.79 Å². The number of aryl methyl sites for hydroxylation is 2. The number of benzene rings is 2. The van der Waals surface area contributed by atoms with Gasteiger partial charge in [-0.1, -0.05) is 52.7 Å². The highest BCUT2D eigenvalue weighted by Crippen LogP contribution is 2.25. The molecule has 0 saturated carbocycles. The Kier molecular flexibility index (Phi) is 5.84. The SMILES string of the molecule is Cc1ccc(-c2noc(CN(C)C(=O)C3CCN(c4ccc(C)cc4)CC3)n2)cc1. The van der Waals surface area contributed by atoms with E-state index in [-0.39, 0.29) is 11.8 Å². The maximum absolute atomic E-state index is 12.9. The minimum atomic E-state index is 0.0381. The first kappa shape index (κ1) is 20.1. The zero-order valence-corrected chi connectivity index (χ0v) is 17.8. The lowest BCUT2D eigenvalue weighted by molar-refractivity contribution is -0.135. The van der Waals surface area contributed by atoms with Gasteiger partial charge in [-0.3, -0.25) is 4.79 Å². The van der Waals surface area contributed by atoms with Gasteiger partial charge in [-0.25, -0.2) is 0 Å². The molecule has 1 saturated heterocycles. The summed E-state index contributed by atoms with van der Waals surface area (Å²) in [7, 11) is 1.81. The van der Waals surface area contributed by atoms with Crippen LogP contribution in [0.4, 0.5) is 5.69 Å². The Morgan fingerprint density at radius 2 is 1.63 bits per heavy atom. The van der Waals surface area contributed by atoms with Crippen molar-refractivity contribution >= 4 is 11.6 Å². The quantitative estimate of drug-likeness (QED) is 0.637. The van der Waals surface area contributed by atoms with E-state index in [0.717, 1.165) is 31.5 Å². The van der Waals surface area contributed by atoms with Crippen LogP contribution in [0.1, 0.15) is 29.9 Å². The fourth-order valence-electron chi connectivity index (χ4n) is 3.87. The van der Waals surface area contributed by atoms with Crippen LogP contribution in [0, 0.1) is 19.8 Å². The largest absolute Gasteiger partial charge is 0.371 e. The van der Waals surface area contributed by atoms with E-state index >= 15 is 0 Å². The summed E-state index contributed by atoms with van der Waals surface area (Å²) in [5, 5.41) is 4.06. The van der Waals surface area contributed by atoms with Crippen molar-refractivity contribution in [2.45, 2.75) is 33.2 Å². The average molecular weight is 405 g/mol. The lowest BCUT2D eigenvalue weighted by atomic mass is 9.95. The number of aromatic nitrogens is 2. The second kappa shape index (κ2) is 8.69. The first-order chi connectivity index (χ1) is 14.5. The zero-order valence-electron chi connectivity index (χ0n) is 17.8. The van der Waals surface area contributed by atoms with Crippen molar-refractivity contribution in [1.29, 1.82) is 0 Å². The fourth-order valence-corrected chi connectivity index (χ4v) is 3.87. The molecular formula is C24H28N4O2. The van der Waals surface area contributed by atoms with E-state index in [1.165, 1.54) is 16.8 Å². The molecule has 6 heteroatoms. The standard InChI is InChI=1S/C24H28N4O2/c1-17-4-8-19(9-5-17)23-25-22(30-26-23)16-27(3)24(29)20-12-14-28(15-13-20)21-10-6-18(2)7-11-21/h4-11,20H,12-16H2,1-3H3. The number of piperidine rings is 1. The molecule has 1 aromatic heterocycles. The predicted octanol–water partition coefficient (Wildman–Crippen LogP) is 4.23. The summed E-state index contributed by atoms with van der Waals surface area (Å²) >= 11 is 0. The van der Waals surface area contributed by atoms with Gasteiger partial charge in [0.2, 0.25) is 17.6 Å². The topological polar surface area (TPSA) is 62.5 Å². The van der Waals surface area contributed by atoms with Crippen LogP contribution in [-0.4, -0.2) is 41.1 Å². The van der Waals surface area contributed by atoms with Crippen LogP contribution in [0.15, 0.2) is 53.1 Å². The Bertz CT molecular complexity index is 987. The Morgan fingerprint density at radius 3 is 2.27 bits per heavy atom. The second-order valence-electron chi connectivity index (χ2n) is 8.17. The average Bonchev–Trinajstić information content (AvgIpc) is 3.23. The van der Waals surface area contributed by atoms with E-state index in [1.807, 2.05) is 38.2 Å². The van der Waals surface area contributed by atoms with E-state index in [2.05, 4.69) is 46.2 Å². The molecule has 0 N–H and O–H groups in total. The van der Waals surface area contributed by atoms with Crippen molar-refractivity contribution < 1.29 is 9.32 Å². The van der Waals surface area contributed by atoms with E-state index < -0.39 is 0 Å². The molecule has 6 nitrogen and oxygen atoms in total. The number of carbonyl (C=O) groups excluding carboxylic acids is 1. The molecule has 0 unspecified atom stereocenters. The number of rotatable bonds is 5. The van der Waals surface area contributed by atoms with Crippen LogP contribution in [-0.2, 0) is 11.3 Å². The molecule has 30 heavy (non-hydrogen) atoms. The molecule has 1 amide bonds. The van der Waals surface area contributed by atoms with E-state index in [1.54, 1.807) is 4.90 Å². The second-order valence-corrected chi connectivity index (χ2v) is 8.17. The van der Waals surface area contributed by atoms with Gasteiger partial charge in [-0.2, -0.15) is 4.98 Å². The summed E-state index contributed by atoms with van der Waals surface area (Å²) in [5.74, 6) is 1.20. The lowest BCUT2D eigenvalue weighted by Gasteiger charge is -2.34. The van der Waals surface area contributed by atoms with Gasteiger partial charge in [0.15, 0.2) is 0 Å². The molecule has 0 atom stereocenters. The number of hydrogen-bond donors (Lipinski definition) is 0. The van der Waals surface area contributed by atoms with Gasteiger partial charge in [0, 0.05) is 37.3 Å². The normalized spacial score (nSPS) is 14.7. The summed E-state index contributed by atoms with van der Waals surface area (Å²) in [6.07, 6.45) is 1.71. The van der Waals surface area contributed by atoms with Crippen molar-refractivity contribution in [3.63, 3.8) is 0 Å². The highest BCUT2D eigenvalue weighted by atomic mass is 16.5. The van der Waals surface area contributed by atoms with Crippen molar-refractivity contribution in [2.75, 3.05) is 25.0 Å². The molecule has 3 aromatic rings. The smallest absolute Gasteiger partial charge is 0.246 e. The Morgan fingerprint density at radius 1 is 1.03 bits per heavy atom. The number of amides is 1. The molecule has 0 spiro atoms. The van der Waals surface area contributed by atoms with Crippen molar-refractivity contribution in [3.8, 4) is 11.4 Å². The van der Waals surface area contributed by atoms with Crippen LogP contribution >= 0.6 is 0 Å². The fraction of sp³-hybridized carbons (Fsp3) is 0.375. The highest BCUT2D eigenvalue weighted by molar-refractivity contribution is 5.78. The molecular weight excluding hydrogens is 376 g/mol. The third-order valence-corrected chi connectivity index (χ3v) is 5.77. The summed E-state index contributed by atoms with van der Waals surface area (Å²) < 4.78 is 5.38. The molecule has 0 bridgehead atoms. The third-order valence-electron chi connectivity index (χ3n) is 5.77. The van der Waals surface area contributed by atoms with E-state index in [0.29, 0.717) is 18.3 Å². The van der Waals surface area contributed by atoms with Crippen molar-refractivity contribution in [2.24, 2.45) is 5.92 Å². The van der Waals surface area contributed by atoms with Crippen molar-refractivity contribution in [1.82, 2.24) is 15.0 Å². The lowest BCUT2D eigenvalue weighted by Crippen LogP contribution is -2.41. The maximum Gasteiger partial charge on any atom is 0.246 e. The summed E-state index contributed by atoms with van der Waals surface area (Å²) in [6, 6.07) is 16.6. The third kappa shape index (κ3) is 4.53. The molecule has 1 aliphatic rings. The van der Waals surface area contributed by atoms with Gasteiger partial charge >= 0.3 is 0 Å². The Labute approximate surface area is 177 Å². The molecule has 0 aliphatic carbocycles. The van der Waals surface area contributed by atoms with Crippen LogP contribution in [0.3, 0.4) is 0 Å². The van der Waals surface area contributed by atoms with Crippen LogP contribution < -0.4 is 4.90 Å². The van der Waals surface area contributed by atoms with Gasteiger partial charge in [0.1, 0.15) is 0 Å². The molecule has 1 fully saturated rings. The number of carbonyl (C=O) groups is 1. The van der Waals surface area contributed by atoms with Gasteiger partial charge in [0.25, 0.3) is 0 Å². The van der Waals surface area contributed by atoms with E-state index in [4.69, 9.17) is 4.52 Å². The first-order valence-corrected chi connectivity index (χ1v) is 10.5. The van der Waals surface area contributed by atoms with Crippen LogP contribution in [0.5, 0.6) is 0 Å². The van der Waals surface area contributed by atoms with Crippen molar-refractivity contribution in [3.05, 3.63) is 65.5 Å². The first-order valence-electron chi connectivity index (χ1n) is 10.5. The van der Waals surface area contributed by atoms with Gasteiger partial charge < -0.3 is 14.3 Å². The van der Waals surface area contributed by atoms with Gasteiger partial charge in [0.05, 0.1) is 6.54 Å². The summed E-state index contributed by atoms with van der Waals surface area (Å²) in [5.41, 5.74) is 4.58. The predicted molar refractivity (Wildman–Crippen MR) is 117 cm³/mol. The zero-order chi connectivity index (χ0) is 21.1. The molecule has 156 valence electrons. The minimum Gasteiger partial charge on any atom is -0.371 e. The van der Waals surface area contributed by atoms with Gasteiger partial charge in [-0.15, -0.1) is 0 Å².